The predicted octanol–water partition coefficient (Wildman–Crippen LogP) is 2.46. The number of piperidine rings is 1. The van der Waals surface area contributed by atoms with Gasteiger partial charge in [-0.25, -0.2) is 0 Å². The molecule has 1 aromatic rings. The molecule has 0 radical (unpaired) electrons. The number of ether oxygens (including phenoxy) is 1. The van der Waals surface area contributed by atoms with Crippen molar-refractivity contribution >= 4 is 15.9 Å². The molecule has 2 heterocycles. The molecule has 3 heteroatoms. The number of benzene rings is 1. The molecular weight excluding hydrogens is 254 g/mol. The minimum Gasteiger partial charge on any atom is -0.492 e. The summed E-state index contributed by atoms with van der Waals surface area (Å²) in [5, 5.41) is 3.48. The number of halogens is 1. The molecule has 80 valence electrons. The highest BCUT2D eigenvalue weighted by Gasteiger charge is 2.41. The second-order valence-electron chi connectivity index (χ2n) is 4.49. The second-order valence-corrected chi connectivity index (χ2v) is 5.41. The molecule has 2 aliphatic rings. The summed E-state index contributed by atoms with van der Waals surface area (Å²) in [7, 11) is 0. The summed E-state index contributed by atoms with van der Waals surface area (Å²) < 4.78 is 6.94. The van der Waals surface area contributed by atoms with Crippen molar-refractivity contribution in [1.29, 1.82) is 0 Å². The SMILES string of the molecule is Brc1ccc2c(c1)C1(CCCNC1)CO2. The Bertz CT molecular complexity index is 380. The summed E-state index contributed by atoms with van der Waals surface area (Å²) in [5.41, 5.74) is 1.61. The van der Waals surface area contributed by atoms with E-state index in [1.54, 1.807) is 0 Å². The van der Waals surface area contributed by atoms with Crippen LogP contribution in [0.1, 0.15) is 18.4 Å². The van der Waals surface area contributed by atoms with Gasteiger partial charge in [0.25, 0.3) is 0 Å². The molecule has 1 N–H and O–H groups in total. The van der Waals surface area contributed by atoms with Crippen LogP contribution in [0.5, 0.6) is 5.75 Å². The van der Waals surface area contributed by atoms with Gasteiger partial charge in [0.2, 0.25) is 0 Å². The predicted molar refractivity (Wildman–Crippen MR) is 63.4 cm³/mol. The molecule has 0 bridgehead atoms. The van der Waals surface area contributed by atoms with E-state index in [9.17, 15) is 0 Å². The largest absolute Gasteiger partial charge is 0.492 e. The van der Waals surface area contributed by atoms with E-state index >= 15 is 0 Å². The molecule has 3 rings (SSSR count). The maximum absolute atomic E-state index is 5.79. The van der Waals surface area contributed by atoms with Crippen LogP contribution in [0, 0.1) is 0 Å². The number of fused-ring (bicyclic) bond motifs is 2. The van der Waals surface area contributed by atoms with Crippen molar-refractivity contribution in [2.45, 2.75) is 18.3 Å². The Kier molecular flexibility index (Phi) is 2.25. The summed E-state index contributed by atoms with van der Waals surface area (Å²) in [6.07, 6.45) is 2.48. The smallest absolute Gasteiger partial charge is 0.123 e. The van der Waals surface area contributed by atoms with Crippen molar-refractivity contribution in [2.24, 2.45) is 0 Å². The average molecular weight is 268 g/mol. The van der Waals surface area contributed by atoms with Crippen LogP contribution in [0.4, 0.5) is 0 Å². The molecular formula is C12H14BrNO. The van der Waals surface area contributed by atoms with Crippen LogP contribution in [0.3, 0.4) is 0 Å². The van der Waals surface area contributed by atoms with E-state index in [1.165, 1.54) is 18.4 Å². The van der Waals surface area contributed by atoms with E-state index in [2.05, 4.69) is 33.4 Å². The Labute approximate surface area is 98.1 Å². The Balaban J connectivity index is 2.05. The Hall–Kier alpha value is -0.540. The molecule has 1 unspecified atom stereocenters. The van der Waals surface area contributed by atoms with Crippen molar-refractivity contribution < 1.29 is 4.74 Å². The molecule has 1 aromatic carbocycles. The lowest BCUT2D eigenvalue weighted by Crippen LogP contribution is -2.44. The molecule has 1 spiro atoms. The molecule has 1 saturated heterocycles. The first-order valence-corrected chi connectivity index (χ1v) is 6.23. The Morgan fingerprint density at radius 1 is 1.40 bits per heavy atom. The van der Waals surface area contributed by atoms with Crippen LogP contribution < -0.4 is 10.1 Å². The van der Waals surface area contributed by atoms with Gasteiger partial charge in [-0.05, 0) is 37.6 Å². The zero-order chi connectivity index (χ0) is 10.3. The number of rotatable bonds is 0. The fraction of sp³-hybridized carbons (Fsp3) is 0.500. The first-order valence-electron chi connectivity index (χ1n) is 5.44. The van der Waals surface area contributed by atoms with Crippen LogP contribution in [0.2, 0.25) is 0 Å². The van der Waals surface area contributed by atoms with E-state index in [0.717, 1.165) is 29.9 Å². The lowest BCUT2D eigenvalue weighted by Gasteiger charge is -2.32. The van der Waals surface area contributed by atoms with Gasteiger partial charge in [-0.3, -0.25) is 0 Å². The Morgan fingerprint density at radius 3 is 3.13 bits per heavy atom. The third-order valence-electron chi connectivity index (χ3n) is 3.49. The zero-order valence-electron chi connectivity index (χ0n) is 8.55. The number of hydrogen-bond donors (Lipinski definition) is 1. The van der Waals surface area contributed by atoms with Crippen LogP contribution in [-0.4, -0.2) is 19.7 Å². The molecule has 1 fully saturated rings. The maximum atomic E-state index is 5.79. The molecule has 2 nitrogen and oxygen atoms in total. The molecule has 0 aliphatic carbocycles. The van der Waals surface area contributed by atoms with Crippen molar-refractivity contribution in [1.82, 2.24) is 5.32 Å². The van der Waals surface area contributed by atoms with Crippen LogP contribution in [-0.2, 0) is 5.41 Å². The summed E-state index contributed by atoms with van der Waals surface area (Å²) in [6, 6.07) is 6.34. The van der Waals surface area contributed by atoms with Crippen molar-refractivity contribution in [2.75, 3.05) is 19.7 Å². The fourth-order valence-corrected chi connectivity index (χ4v) is 3.02. The quantitative estimate of drug-likeness (QED) is 0.780. The monoisotopic (exact) mass is 267 g/mol. The third kappa shape index (κ3) is 1.49. The van der Waals surface area contributed by atoms with E-state index in [0.29, 0.717) is 0 Å². The number of nitrogens with one attached hydrogen (secondary N) is 1. The highest BCUT2D eigenvalue weighted by Crippen LogP contribution is 2.43. The summed E-state index contributed by atoms with van der Waals surface area (Å²) >= 11 is 3.54. The molecule has 1 atom stereocenters. The zero-order valence-corrected chi connectivity index (χ0v) is 10.1. The minimum absolute atomic E-state index is 0.233. The number of hydrogen-bond acceptors (Lipinski definition) is 2. The van der Waals surface area contributed by atoms with Crippen molar-refractivity contribution in [3.63, 3.8) is 0 Å². The van der Waals surface area contributed by atoms with E-state index in [-0.39, 0.29) is 5.41 Å². The highest BCUT2D eigenvalue weighted by atomic mass is 79.9. The van der Waals surface area contributed by atoms with Crippen molar-refractivity contribution in [3.05, 3.63) is 28.2 Å². The minimum atomic E-state index is 0.233. The normalized spacial score (nSPS) is 28.9. The van der Waals surface area contributed by atoms with Gasteiger partial charge in [-0.15, -0.1) is 0 Å². The van der Waals surface area contributed by atoms with Crippen LogP contribution in [0.15, 0.2) is 22.7 Å². The van der Waals surface area contributed by atoms with Gasteiger partial charge < -0.3 is 10.1 Å². The molecule has 0 saturated carbocycles. The first kappa shape index (κ1) is 9.67. The van der Waals surface area contributed by atoms with Gasteiger partial charge in [-0.1, -0.05) is 15.9 Å². The standard InChI is InChI=1S/C12H14BrNO/c13-9-2-3-11-10(6-9)12(8-15-11)4-1-5-14-7-12/h2-3,6,14H,1,4-5,7-8H2. The summed E-state index contributed by atoms with van der Waals surface area (Å²) in [5.74, 6) is 1.07. The van der Waals surface area contributed by atoms with Gasteiger partial charge in [-0.2, -0.15) is 0 Å². The third-order valence-corrected chi connectivity index (χ3v) is 3.98. The molecule has 0 aromatic heterocycles. The summed E-state index contributed by atoms with van der Waals surface area (Å²) in [6.45, 7) is 3.04. The van der Waals surface area contributed by atoms with E-state index in [4.69, 9.17) is 4.74 Å². The maximum Gasteiger partial charge on any atom is 0.123 e. The molecule has 2 aliphatic heterocycles. The van der Waals surface area contributed by atoms with Gasteiger partial charge in [0, 0.05) is 22.0 Å². The van der Waals surface area contributed by atoms with Gasteiger partial charge >= 0.3 is 0 Å². The van der Waals surface area contributed by atoms with E-state index < -0.39 is 0 Å². The Morgan fingerprint density at radius 2 is 2.33 bits per heavy atom. The summed E-state index contributed by atoms with van der Waals surface area (Å²) in [4.78, 5) is 0. The molecule has 15 heavy (non-hydrogen) atoms. The van der Waals surface area contributed by atoms with Crippen LogP contribution in [0.25, 0.3) is 0 Å². The lowest BCUT2D eigenvalue weighted by atomic mass is 9.76. The first-order chi connectivity index (χ1) is 7.30. The highest BCUT2D eigenvalue weighted by molar-refractivity contribution is 9.10. The average Bonchev–Trinajstić information content (AvgIpc) is 2.59. The second kappa shape index (κ2) is 3.49. The lowest BCUT2D eigenvalue weighted by molar-refractivity contribution is 0.224. The molecule has 0 amide bonds. The van der Waals surface area contributed by atoms with Gasteiger partial charge in [0.1, 0.15) is 5.75 Å². The van der Waals surface area contributed by atoms with Crippen molar-refractivity contribution in [3.8, 4) is 5.75 Å². The topological polar surface area (TPSA) is 21.3 Å². The fourth-order valence-electron chi connectivity index (χ4n) is 2.66. The van der Waals surface area contributed by atoms with Crippen LogP contribution >= 0.6 is 15.9 Å². The van der Waals surface area contributed by atoms with E-state index in [1.807, 2.05) is 6.07 Å². The van der Waals surface area contributed by atoms with Gasteiger partial charge in [0.05, 0.1) is 6.61 Å². The van der Waals surface area contributed by atoms with Gasteiger partial charge in [0.15, 0.2) is 0 Å².